The molecule has 1 aromatic carbocycles. The molecule has 0 saturated carbocycles. The van der Waals surface area contributed by atoms with Crippen molar-refractivity contribution in [3.63, 3.8) is 0 Å². The third-order valence-electron chi connectivity index (χ3n) is 3.59. The van der Waals surface area contributed by atoms with Crippen LogP contribution in [-0.4, -0.2) is 42.7 Å². The minimum atomic E-state index is -0.626. The summed E-state index contributed by atoms with van der Waals surface area (Å²) >= 11 is 0. The fraction of sp³-hybridized carbons (Fsp3) is 0.571. The van der Waals surface area contributed by atoms with Gasteiger partial charge < -0.3 is 14.9 Å². The highest BCUT2D eigenvalue weighted by Gasteiger charge is 2.24. The molecule has 0 radical (unpaired) electrons. The largest absolute Gasteiger partial charge is 0.389 e. The van der Waals surface area contributed by atoms with Gasteiger partial charge in [-0.25, -0.2) is 4.39 Å². The summed E-state index contributed by atoms with van der Waals surface area (Å²) in [6.07, 6.45) is -0.626. The second-order valence-corrected chi connectivity index (χ2v) is 5.19. The van der Waals surface area contributed by atoms with Gasteiger partial charge in [-0.2, -0.15) is 0 Å². The lowest BCUT2D eigenvalue weighted by Gasteiger charge is -2.40. The number of halogens is 1. The Bertz CT molecular complexity index is 422. The van der Waals surface area contributed by atoms with Crippen LogP contribution in [0, 0.1) is 5.82 Å². The first-order chi connectivity index (χ1) is 8.49. The van der Waals surface area contributed by atoms with Gasteiger partial charge in [0.1, 0.15) is 5.82 Å². The number of hydrogen-bond acceptors (Lipinski definition) is 3. The predicted octanol–water partition coefficient (Wildman–Crippen LogP) is 2.02. The van der Waals surface area contributed by atoms with Crippen LogP contribution in [0.25, 0.3) is 0 Å². The molecular formula is C14H21FN2O. The molecule has 0 aromatic heterocycles. The second kappa shape index (κ2) is 5.24. The van der Waals surface area contributed by atoms with E-state index in [1.807, 2.05) is 0 Å². The first-order valence-corrected chi connectivity index (χ1v) is 6.41. The summed E-state index contributed by atoms with van der Waals surface area (Å²) in [5.41, 5.74) is 1.26. The molecule has 18 heavy (non-hydrogen) atoms. The van der Waals surface area contributed by atoms with Crippen LogP contribution in [0.5, 0.6) is 0 Å². The van der Waals surface area contributed by atoms with E-state index in [2.05, 4.69) is 23.8 Å². The number of nitrogens with zero attached hydrogens (tertiary/aromatic N) is 2. The fourth-order valence-electron chi connectivity index (χ4n) is 2.51. The first kappa shape index (κ1) is 13.3. The maximum Gasteiger partial charge on any atom is 0.146 e. The smallest absolute Gasteiger partial charge is 0.146 e. The molecule has 1 aliphatic heterocycles. The Labute approximate surface area is 108 Å². The average Bonchev–Trinajstić information content (AvgIpc) is 2.30. The Morgan fingerprint density at radius 3 is 2.67 bits per heavy atom. The van der Waals surface area contributed by atoms with Crippen LogP contribution in [0.3, 0.4) is 0 Å². The Kier molecular flexibility index (Phi) is 3.88. The zero-order chi connectivity index (χ0) is 13.3. The van der Waals surface area contributed by atoms with Crippen molar-refractivity contribution in [1.82, 2.24) is 4.90 Å². The van der Waals surface area contributed by atoms with E-state index in [1.165, 1.54) is 6.07 Å². The number of aliphatic hydroxyl groups is 1. The highest BCUT2D eigenvalue weighted by Crippen LogP contribution is 2.26. The third-order valence-corrected chi connectivity index (χ3v) is 3.59. The molecule has 3 nitrogen and oxygen atoms in total. The molecular weight excluding hydrogens is 231 g/mol. The van der Waals surface area contributed by atoms with Crippen molar-refractivity contribution >= 4 is 5.69 Å². The Morgan fingerprint density at radius 1 is 1.39 bits per heavy atom. The van der Waals surface area contributed by atoms with Gasteiger partial charge >= 0.3 is 0 Å². The number of rotatable bonds is 2. The van der Waals surface area contributed by atoms with E-state index in [9.17, 15) is 9.50 Å². The molecule has 1 fully saturated rings. The predicted molar refractivity (Wildman–Crippen MR) is 71.3 cm³/mol. The van der Waals surface area contributed by atoms with Gasteiger partial charge in [0.2, 0.25) is 0 Å². The Hall–Kier alpha value is -1.13. The number of aliphatic hydroxyl groups excluding tert-OH is 1. The maximum atomic E-state index is 14.1. The van der Waals surface area contributed by atoms with Crippen molar-refractivity contribution in [1.29, 1.82) is 0 Å². The molecule has 100 valence electrons. The molecule has 0 spiro atoms. The van der Waals surface area contributed by atoms with E-state index >= 15 is 0 Å². The van der Waals surface area contributed by atoms with Crippen molar-refractivity contribution in [3.8, 4) is 0 Å². The number of likely N-dealkylation sites (N-methyl/N-ethyl adjacent to an activating group) is 1. The van der Waals surface area contributed by atoms with Gasteiger partial charge in [0, 0.05) is 25.7 Å². The Morgan fingerprint density at radius 2 is 2.11 bits per heavy atom. The number of anilines is 1. The van der Waals surface area contributed by atoms with Crippen molar-refractivity contribution in [3.05, 3.63) is 29.6 Å². The van der Waals surface area contributed by atoms with Crippen LogP contribution >= 0.6 is 0 Å². The van der Waals surface area contributed by atoms with E-state index in [-0.39, 0.29) is 5.82 Å². The maximum absolute atomic E-state index is 14.1. The van der Waals surface area contributed by atoms with Crippen molar-refractivity contribution < 1.29 is 9.50 Å². The molecule has 1 saturated heterocycles. The lowest BCUT2D eigenvalue weighted by molar-refractivity contribution is 0.199. The summed E-state index contributed by atoms with van der Waals surface area (Å²) in [6, 6.07) is 5.31. The van der Waals surface area contributed by atoms with Gasteiger partial charge in [0.05, 0.1) is 11.8 Å². The summed E-state index contributed by atoms with van der Waals surface area (Å²) < 4.78 is 14.1. The van der Waals surface area contributed by atoms with Crippen LogP contribution in [0.15, 0.2) is 18.2 Å². The lowest BCUT2D eigenvalue weighted by Crippen LogP contribution is -2.50. The molecule has 2 rings (SSSR count). The Balaban J connectivity index is 2.23. The molecule has 1 unspecified atom stereocenters. The summed E-state index contributed by atoms with van der Waals surface area (Å²) in [7, 11) is 2.08. The molecule has 1 aliphatic rings. The molecule has 1 N–H and O–H groups in total. The van der Waals surface area contributed by atoms with E-state index < -0.39 is 6.10 Å². The van der Waals surface area contributed by atoms with Crippen LogP contribution in [0.2, 0.25) is 0 Å². The van der Waals surface area contributed by atoms with Gasteiger partial charge in [-0.15, -0.1) is 0 Å². The van der Waals surface area contributed by atoms with E-state index in [0.29, 0.717) is 17.3 Å². The fourth-order valence-corrected chi connectivity index (χ4v) is 2.51. The van der Waals surface area contributed by atoms with Crippen molar-refractivity contribution in [2.24, 2.45) is 0 Å². The summed E-state index contributed by atoms with van der Waals surface area (Å²) in [5, 5.41) is 9.45. The minimum Gasteiger partial charge on any atom is -0.389 e. The summed E-state index contributed by atoms with van der Waals surface area (Å²) in [4.78, 5) is 4.35. The molecule has 0 bridgehead atoms. The topological polar surface area (TPSA) is 26.7 Å². The second-order valence-electron chi connectivity index (χ2n) is 5.19. The van der Waals surface area contributed by atoms with E-state index in [0.717, 1.165) is 19.6 Å². The normalized spacial score (nSPS) is 23.2. The number of benzene rings is 1. The average molecular weight is 252 g/mol. The molecule has 4 heteroatoms. The van der Waals surface area contributed by atoms with Gasteiger partial charge in [0.15, 0.2) is 0 Å². The highest BCUT2D eigenvalue weighted by atomic mass is 19.1. The minimum absolute atomic E-state index is 0.246. The molecule has 0 amide bonds. The first-order valence-electron chi connectivity index (χ1n) is 6.41. The lowest BCUT2D eigenvalue weighted by atomic mass is 10.1. The van der Waals surface area contributed by atoms with Crippen LogP contribution in [0.1, 0.15) is 25.5 Å². The molecule has 1 aromatic rings. The zero-order valence-electron chi connectivity index (χ0n) is 11.2. The van der Waals surface area contributed by atoms with Crippen LogP contribution in [0.4, 0.5) is 10.1 Å². The van der Waals surface area contributed by atoms with Crippen LogP contribution < -0.4 is 4.90 Å². The third kappa shape index (κ3) is 2.65. The van der Waals surface area contributed by atoms with Gasteiger partial charge in [-0.05, 0) is 38.6 Å². The van der Waals surface area contributed by atoms with E-state index in [1.54, 1.807) is 19.1 Å². The molecule has 0 aliphatic carbocycles. The number of piperazine rings is 1. The van der Waals surface area contributed by atoms with Gasteiger partial charge in [-0.1, -0.05) is 6.07 Å². The van der Waals surface area contributed by atoms with Crippen molar-refractivity contribution in [2.75, 3.05) is 31.6 Å². The van der Waals surface area contributed by atoms with Gasteiger partial charge in [-0.3, -0.25) is 0 Å². The number of hydrogen-bond donors (Lipinski definition) is 1. The molecule has 1 heterocycles. The highest BCUT2D eigenvalue weighted by molar-refractivity contribution is 5.50. The standard InChI is InChI=1S/C14H21FN2O/c1-10-9-16(3)6-7-17(10)14-5-4-12(11(2)18)8-13(14)15/h4-5,8,10-11,18H,6-7,9H2,1-3H3/t10?,11-/m1/s1. The van der Waals surface area contributed by atoms with Gasteiger partial charge in [0.25, 0.3) is 0 Å². The summed E-state index contributed by atoms with van der Waals surface area (Å²) in [6.45, 7) is 6.48. The zero-order valence-corrected chi connectivity index (χ0v) is 11.2. The molecule has 2 atom stereocenters. The van der Waals surface area contributed by atoms with Crippen molar-refractivity contribution in [2.45, 2.75) is 26.0 Å². The monoisotopic (exact) mass is 252 g/mol. The van der Waals surface area contributed by atoms with E-state index in [4.69, 9.17) is 0 Å². The van der Waals surface area contributed by atoms with Crippen LogP contribution in [-0.2, 0) is 0 Å². The summed E-state index contributed by atoms with van der Waals surface area (Å²) in [5.74, 6) is -0.246. The quantitative estimate of drug-likeness (QED) is 0.872. The SMILES string of the molecule is CC1CN(C)CCN1c1ccc([C@@H](C)O)cc1F.